The maximum absolute atomic E-state index is 11.0. The summed E-state index contributed by atoms with van der Waals surface area (Å²) in [4.78, 5) is 42.3. The van der Waals surface area contributed by atoms with E-state index in [1.165, 1.54) is 0 Å². The number of carboxylic acids is 1. The topological polar surface area (TPSA) is 160 Å². The van der Waals surface area contributed by atoms with E-state index in [0.29, 0.717) is 0 Å². The molecule has 0 bridgehead atoms. The van der Waals surface area contributed by atoms with Gasteiger partial charge in [0, 0.05) is 0 Å². The van der Waals surface area contributed by atoms with E-state index in [9.17, 15) is 19.2 Å². The van der Waals surface area contributed by atoms with Crippen LogP contribution in [0.1, 0.15) is 0 Å². The second-order valence-corrected chi connectivity index (χ2v) is 2.95. The van der Waals surface area contributed by atoms with Crippen LogP contribution in [0, 0.1) is 0 Å². The predicted molar refractivity (Wildman–Crippen MR) is 57.6 cm³/mol. The van der Waals surface area contributed by atoms with Crippen LogP contribution in [-0.4, -0.2) is 55.3 Å². The number of carbonyl (C=O) groups excluding carboxylic acids is 3. The van der Waals surface area contributed by atoms with Crippen molar-refractivity contribution in [2.24, 2.45) is 5.73 Å². The molecule has 0 aromatic rings. The van der Waals surface area contributed by atoms with E-state index in [4.69, 9.17) is 5.11 Å². The van der Waals surface area contributed by atoms with Crippen LogP contribution in [0.5, 0.6) is 0 Å². The maximum Gasteiger partial charge on any atom is 0.404 e. The fourth-order valence-electron chi connectivity index (χ4n) is 0.776. The van der Waals surface area contributed by atoms with Gasteiger partial charge < -0.3 is 31.5 Å². The molecule has 0 radical (unpaired) electrons. The van der Waals surface area contributed by atoms with E-state index in [1.54, 1.807) is 0 Å². The van der Waals surface area contributed by atoms with Crippen molar-refractivity contribution in [3.05, 3.63) is 0 Å². The fraction of sp³-hybridized carbons (Fsp3) is 0.500. The average molecular weight is 262 g/mol. The van der Waals surface area contributed by atoms with E-state index >= 15 is 0 Å². The van der Waals surface area contributed by atoms with Crippen LogP contribution in [0.4, 0.5) is 9.59 Å². The zero-order valence-corrected chi connectivity index (χ0v) is 9.39. The van der Waals surface area contributed by atoms with E-state index in [1.807, 2.05) is 0 Å². The molecule has 0 unspecified atom stereocenters. The number of amides is 4. The van der Waals surface area contributed by atoms with Crippen molar-refractivity contribution in [1.29, 1.82) is 0 Å². The van der Waals surface area contributed by atoms with Crippen LogP contribution in [0.3, 0.4) is 0 Å². The molecule has 0 saturated heterocycles. The molecule has 18 heavy (non-hydrogen) atoms. The van der Waals surface area contributed by atoms with Gasteiger partial charge >= 0.3 is 18.1 Å². The lowest BCUT2D eigenvalue weighted by molar-refractivity contribution is -0.137. The summed E-state index contributed by atoms with van der Waals surface area (Å²) in [7, 11) is 0. The lowest BCUT2D eigenvalue weighted by atomic mass is 10.5. The minimum atomic E-state index is -1.18. The standard InChI is InChI=1S/C8H14N4O6/c9-7(16)18-2-1-10-8(17)12-3-5(13)11-4-6(14)15/h1-4H2,(H2,9,16)(H,11,13)(H,14,15)(H2,10,12,17). The van der Waals surface area contributed by atoms with Crippen LogP contribution in [0.25, 0.3) is 0 Å². The summed E-state index contributed by atoms with van der Waals surface area (Å²) in [5, 5.41) is 14.8. The Labute approximate surface area is 102 Å². The Bertz CT molecular complexity index is 332. The van der Waals surface area contributed by atoms with Gasteiger partial charge in [0.15, 0.2) is 0 Å². The van der Waals surface area contributed by atoms with Crippen molar-refractivity contribution in [2.75, 3.05) is 26.2 Å². The highest BCUT2D eigenvalue weighted by Gasteiger charge is 2.06. The Balaban J connectivity index is 3.54. The van der Waals surface area contributed by atoms with Crippen LogP contribution < -0.4 is 21.7 Å². The first-order valence-electron chi connectivity index (χ1n) is 4.84. The summed E-state index contributed by atoms with van der Waals surface area (Å²) in [6.45, 7) is -0.941. The zero-order valence-electron chi connectivity index (χ0n) is 9.39. The van der Waals surface area contributed by atoms with E-state index in [0.717, 1.165) is 0 Å². The molecule has 102 valence electrons. The molecule has 0 spiro atoms. The Hall–Kier alpha value is -2.52. The predicted octanol–water partition coefficient (Wildman–Crippen LogP) is -2.42. The van der Waals surface area contributed by atoms with Crippen LogP contribution >= 0.6 is 0 Å². The summed E-state index contributed by atoms with van der Waals surface area (Å²) in [6.07, 6.45) is -0.953. The highest BCUT2D eigenvalue weighted by atomic mass is 16.5. The summed E-state index contributed by atoms with van der Waals surface area (Å²) in [5.41, 5.74) is 4.68. The van der Waals surface area contributed by atoms with Crippen molar-refractivity contribution in [3.63, 3.8) is 0 Å². The van der Waals surface area contributed by atoms with Crippen molar-refractivity contribution in [1.82, 2.24) is 16.0 Å². The minimum absolute atomic E-state index is 0.0333. The van der Waals surface area contributed by atoms with Gasteiger partial charge in [-0.1, -0.05) is 0 Å². The number of urea groups is 1. The molecular weight excluding hydrogens is 248 g/mol. The molecule has 0 atom stereocenters. The minimum Gasteiger partial charge on any atom is -0.480 e. The normalized spacial score (nSPS) is 9.11. The van der Waals surface area contributed by atoms with Gasteiger partial charge in [-0.05, 0) is 0 Å². The van der Waals surface area contributed by atoms with Gasteiger partial charge in [0.25, 0.3) is 0 Å². The largest absolute Gasteiger partial charge is 0.480 e. The van der Waals surface area contributed by atoms with Crippen molar-refractivity contribution in [3.8, 4) is 0 Å². The first-order chi connectivity index (χ1) is 8.41. The third-order valence-corrected chi connectivity index (χ3v) is 1.48. The number of carbonyl (C=O) groups is 4. The lowest BCUT2D eigenvalue weighted by Gasteiger charge is -2.07. The molecule has 0 aromatic carbocycles. The maximum atomic E-state index is 11.0. The number of aliphatic carboxylic acids is 1. The molecule has 0 aliphatic heterocycles. The number of ether oxygens (including phenoxy) is 1. The molecule has 0 aliphatic carbocycles. The summed E-state index contributed by atoms with van der Waals surface area (Å²) in [5.74, 6) is -1.82. The number of hydrogen-bond acceptors (Lipinski definition) is 5. The van der Waals surface area contributed by atoms with Crippen molar-refractivity contribution < 1.29 is 29.0 Å². The molecule has 0 rings (SSSR count). The fourth-order valence-corrected chi connectivity index (χ4v) is 0.776. The molecule has 0 aromatic heterocycles. The summed E-state index contributed by atoms with van der Waals surface area (Å²) < 4.78 is 4.33. The van der Waals surface area contributed by atoms with Crippen molar-refractivity contribution in [2.45, 2.75) is 0 Å². The monoisotopic (exact) mass is 262 g/mol. The molecule has 10 heteroatoms. The second-order valence-electron chi connectivity index (χ2n) is 2.95. The van der Waals surface area contributed by atoms with Gasteiger partial charge in [-0.2, -0.15) is 0 Å². The Morgan fingerprint density at radius 1 is 1.06 bits per heavy atom. The van der Waals surface area contributed by atoms with E-state index in [2.05, 4.69) is 26.4 Å². The second kappa shape index (κ2) is 8.61. The van der Waals surface area contributed by atoms with Crippen LogP contribution in [0.15, 0.2) is 0 Å². The highest BCUT2D eigenvalue weighted by Crippen LogP contribution is 1.73. The molecule has 6 N–H and O–H groups in total. The summed E-state index contributed by atoms with van der Waals surface area (Å²) in [6, 6.07) is -0.659. The van der Waals surface area contributed by atoms with Gasteiger partial charge in [0.05, 0.1) is 13.1 Å². The third kappa shape index (κ3) is 10.0. The lowest BCUT2D eigenvalue weighted by Crippen LogP contribution is -2.43. The number of hydrogen-bond donors (Lipinski definition) is 5. The Morgan fingerprint density at radius 2 is 1.72 bits per heavy atom. The molecular formula is C8H14N4O6. The van der Waals surface area contributed by atoms with Crippen molar-refractivity contribution >= 4 is 24.0 Å². The zero-order chi connectivity index (χ0) is 14.0. The van der Waals surface area contributed by atoms with Gasteiger partial charge in [-0.25, -0.2) is 9.59 Å². The number of primary amides is 1. The average Bonchev–Trinajstić information content (AvgIpc) is 2.29. The first kappa shape index (κ1) is 15.5. The van der Waals surface area contributed by atoms with E-state index in [-0.39, 0.29) is 19.7 Å². The van der Waals surface area contributed by atoms with Gasteiger partial charge in [0.1, 0.15) is 13.2 Å². The highest BCUT2D eigenvalue weighted by molar-refractivity contribution is 5.86. The first-order valence-corrected chi connectivity index (χ1v) is 4.84. The number of nitrogens with two attached hydrogens (primary N) is 1. The number of carboxylic acid groups (broad SMARTS) is 1. The van der Waals surface area contributed by atoms with Gasteiger partial charge in [0.2, 0.25) is 5.91 Å². The SMILES string of the molecule is NC(=O)OCCNC(=O)NCC(=O)NCC(=O)O. The van der Waals surface area contributed by atoms with Crippen LogP contribution in [-0.2, 0) is 14.3 Å². The Morgan fingerprint density at radius 3 is 2.28 bits per heavy atom. The number of rotatable bonds is 7. The molecule has 0 fully saturated rings. The van der Waals surface area contributed by atoms with E-state index < -0.39 is 30.5 Å². The smallest absolute Gasteiger partial charge is 0.404 e. The van der Waals surface area contributed by atoms with Crippen LogP contribution in [0.2, 0.25) is 0 Å². The van der Waals surface area contributed by atoms with Gasteiger partial charge in [-0.3, -0.25) is 9.59 Å². The number of nitrogens with one attached hydrogen (secondary N) is 3. The molecule has 0 aliphatic rings. The van der Waals surface area contributed by atoms with Gasteiger partial charge in [-0.15, -0.1) is 0 Å². The third-order valence-electron chi connectivity index (χ3n) is 1.48. The summed E-state index contributed by atoms with van der Waals surface area (Å²) >= 11 is 0. The quantitative estimate of drug-likeness (QED) is 0.321. The molecule has 4 amide bonds. The molecule has 0 saturated carbocycles. The molecule has 0 heterocycles. The Kier molecular flexibility index (Phi) is 7.41. The molecule has 10 nitrogen and oxygen atoms in total.